The predicted molar refractivity (Wildman–Crippen MR) is 170 cm³/mol. The Kier molecular flexibility index (Phi) is 9.47. The van der Waals surface area contributed by atoms with E-state index in [9.17, 15) is 37.4 Å². The maximum Gasteiger partial charge on any atom is 0.421 e. The minimum Gasteiger partial charge on any atom is -0.393 e. The normalized spacial score (nSPS) is 16.8. The van der Waals surface area contributed by atoms with Crippen LogP contribution in [0.4, 0.5) is 36.3 Å². The first-order valence-corrected chi connectivity index (χ1v) is 16.5. The van der Waals surface area contributed by atoms with Gasteiger partial charge >= 0.3 is 13.8 Å². The number of benzene rings is 2. The zero-order chi connectivity index (χ0) is 34.1. The van der Waals surface area contributed by atoms with Crippen molar-refractivity contribution < 1.29 is 37.4 Å². The van der Waals surface area contributed by atoms with Crippen molar-refractivity contribution in [3.05, 3.63) is 77.7 Å². The summed E-state index contributed by atoms with van der Waals surface area (Å²) in [5.74, 6) is -1.33. The van der Waals surface area contributed by atoms with E-state index < -0.39 is 36.2 Å². The smallest absolute Gasteiger partial charge is 0.393 e. The molecule has 1 aliphatic rings. The molecule has 1 amide bonds. The summed E-state index contributed by atoms with van der Waals surface area (Å²) in [7, 11) is -3.11. The van der Waals surface area contributed by atoms with E-state index in [1.54, 1.807) is 49.1 Å². The topological polar surface area (TPSA) is 175 Å². The minimum absolute atomic E-state index is 0.0639. The minimum atomic E-state index is -4.83. The summed E-state index contributed by atoms with van der Waals surface area (Å²) < 4.78 is 56.3. The summed E-state index contributed by atoms with van der Waals surface area (Å²) in [5, 5.41) is 20.6. The molecule has 1 saturated carbocycles. The highest BCUT2D eigenvalue weighted by Crippen LogP contribution is 2.61. The van der Waals surface area contributed by atoms with Gasteiger partial charge in [0, 0.05) is 30.7 Å². The Bertz CT molecular complexity index is 1800. The summed E-state index contributed by atoms with van der Waals surface area (Å²) in [4.78, 5) is 40.9. The number of nitrogens with one attached hydrogen (secondary N) is 3. The number of aliphatic hydroxyl groups excluding tert-OH is 1. The third-order valence-electron chi connectivity index (χ3n) is 8.64. The first kappa shape index (κ1) is 34.0. The Morgan fingerprint density at radius 1 is 1.02 bits per heavy atom. The van der Waals surface area contributed by atoms with Crippen LogP contribution >= 0.6 is 7.60 Å². The maximum atomic E-state index is 14.1. The number of halogens is 3. The van der Waals surface area contributed by atoms with E-state index in [2.05, 4.69) is 31.0 Å². The van der Waals surface area contributed by atoms with Crippen LogP contribution in [-0.2, 0) is 15.9 Å². The summed E-state index contributed by atoms with van der Waals surface area (Å²) in [5.41, 5.74) is 1.07. The molecule has 0 unspecified atom stereocenters. The van der Waals surface area contributed by atoms with Gasteiger partial charge in [-0.2, -0.15) is 23.3 Å². The van der Waals surface area contributed by atoms with Crippen molar-refractivity contribution in [2.75, 3.05) is 17.7 Å². The number of hydrogen-bond acceptors (Lipinski definition) is 8. The zero-order valence-electron chi connectivity index (χ0n) is 25.8. The molecule has 5 rings (SSSR count). The van der Waals surface area contributed by atoms with Gasteiger partial charge in [0.05, 0.1) is 34.7 Å². The average Bonchev–Trinajstić information content (AvgIpc) is 3.49. The third kappa shape index (κ3) is 6.89. The largest absolute Gasteiger partial charge is 0.421 e. The number of nitrogens with zero attached hydrogens (tertiary/aromatic N) is 4. The van der Waals surface area contributed by atoms with Crippen LogP contribution in [0.1, 0.15) is 67.1 Å². The molecule has 0 spiro atoms. The van der Waals surface area contributed by atoms with E-state index in [-0.39, 0.29) is 42.2 Å². The molecule has 0 aliphatic heterocycles. The number of anilines is 4. The lowest BCUT2D eigenvalue weighted by Gasteiger charge is -2.33. The van der Waals surface area contributed by atoms with Gasteiger partial charge in [-0.05, 0) is 61.1 Å². The van der Waals surface area contributed by atoms with E-state index in [0.29, 0.717) is 41.4 Å². The molecule has 2 aromatic carbocycles. The summed E-state index contributed by atoms with van der Waals surface area (Å²) in [6, 6.07) is 10.9. The van der Waals surface area contributed by atoms with Crippen molar-refractivity contribution in [3.63, 3.8) is 0 Å². The lowest BCUT2D eigenvalue weighted by molar-refractivity contribution is -0.137. The van der Waals surface area contributed by atoms with Crippen molar-refractivity contribution in [2.24, 2.45) is 0 Å². The zero-order valence-corrected chi connectivity index (χ0v) is 26.7. The average molecular weight is 674 g/mol. The molecule has 0 saturated heterocycles. The van der Waals surface area contributed by atoms with Gasteiger partial charge in [0.15, 0.2) is 0 Å². The van der Waals surface area contributed by atoms with Crippen LogP contribution in [0.2, 0.25) is 0 Å². The molecule has 1 fully saturated rings. The molecule has 250 valence electrons. The summed E-state index contributed by atoms with van der Waals surface area (Å²) in [6.45, 7) is 3.39. The van der Waals surface area contributed by atoms with Gasteiger partial charge in [-0.3, -0.25) is 14.0 Å². The number of hydrogen-bond donors (Lipinski definition) is 6. The Morgan fingerprint density at radius 2 is 1.70 bits per heavy atom. The molecule has 0 atom stereocenters. The second-order valence-electron chi connectivity index (χ2n) is 11.4. The van der Waals surface area contributed by atoms with E-state index in [4.69, 9.17) is 0 Å². The highest BCUT2D eigenvalue weighted by atomic mass is 31.2. The van der Waals surface area contributed by atoms with E-state index in [1.807, 2.05) is 0 Å². The highest BCUT2D eigenvalue weighted by molar-refractivity contribution is 7.53. The Labute approximate surface area is 268 Å². The number of rotatable bonds is 11. The molecule has 6 N–H and O–H groups in total. The number of carbonyl (C=O) groups is 1. The number of alkyl halides is 3. The highest BCUT2D eigenvalue weighted by Gasteiger charge is 2.45. The second kappa shape index (κ2) is 13.1. The van der Waals surface area contributed by atoms with Crippen molar-refractivity contribution in [2.45, 2.75) is 63.0 Å². The van der Waals surface area contributed by atoms with Crippen molar-refractivity contribution >= 4 is 36.6 Å². The Hall–Kier alpha value is -4.30. The molecular weight excluding hydrogens is 638 g/mol. The molecule has 0 bridgehead atoms. The van der Waals surface area contributed by atoms with Crippen LogP contribution in [0, 0.1) is 0 Å². The Morgan fingerprint density at radius 3 is 2.28 bits per heavy atom. The number of aliphatic hydroxyl groups is 1. The molecular formula is C31H35F3N7O5P. The van der Waals surface area contributed by atoms with Crippen molar-refractivity contribution in [3.8, 4) is 11.1 Å². The molecule has 2 heterocycles. The third-order valence-corrected chi connectivity index (χ3v) is 10.6. The lowest BCUT2D eigenvalue weighted by atomic mass is 9.90. The van der Waals surface area contributed by atoms with Gasteiger partial charge in [-0.25, -0.2) is 4.98 Å². The van der Waals surface area contributed by atoms with E-state index in [1.165, 1.54) is 31.3 Å². The number of aromatic nitrogens is 4. The predicted octanol–water partition coefficient (Wildman–Crippen LogP) is 6.09. The second-order valence-corrected chi connectivity index (χ2v) is 13.3. The van der Waals surface area contributed by atoms with Crippen LogP contribution in [0.15, 0.2) is 61.1 Å². The maximum absolute atomic E-state index is 14.1. The van der Waals surface area contributed by atoms with Gasteiger partial charge in [0.1, 0.15) is 11.4 Å². The van der Waals surface area contributed by atoms with Crippen LogP contribution < -0.4 is 16.0 Å². The van der Waals surface area contributed by atoms with Gasteiger partial charge < -0.3 is 30.8 Å². The first-order valence-electron chi connectivity index (χ1n) is 14.9. The molecule has 4 aromatic rings. The molecule has 0 radical (unpaired) electrons. The van der Waals surface area contributed by atoms with Crippen LogP contribution in [0.3, 0.4) is 0 Å². The van der Waals surface area contributed by atoms with Gasteiger partial charge in [0.25, 0.3) is 5.91 Å². The van der Waals surface area contributed by atoms with Crippen LogP contribution in [0.25, 0.3) is 11.1 Å². The molecule has 1 aliphatic carbocycles. The molecule has 47 heavy (non-hydrogen) atoms. The number of amides is 1. The fourth-order valence-electron chi connectivity index (χ4n) is 5.72. The molecule has 2 aromatic heterocycles. The van der Waals surface area contributed by atoms with Crippen molar-refractivity contribution in [1.82, 2.24) is 25.1 Å². The van der Waals surface area contributed by atoms with E-state index in [0.717, 1.165) is 0 Å². The summed E-state index contributed by atoms with van der Waals surface area (Å²) >= 11 is 0. The molecule has 16 heteroatoms. The lowest BCUT2D eigenvalue weighted by Crippen LogP contribution is -2.30. The van der Waals surface area contributed by atoms with E-state index >= 15 is 0 Å². The Balaban J connectivity index is 1.45. The van der Waals surface area contributed by atoms with Gasteiger partial charge in [-0.15, -0.1) is 0 Å². The van der Waals surface area contributed by atoms with Crippen LogP contribution in [0.5, 0.6) is 0 Å². The van der Waals surface area contributed by atoms with Gasteiger partial charge in [0.2, 0.25) is 5.95 Å². The fraction of sp³-hybridized carbons (Fsp3) is 0.355. The quantitative estimate of drug-likeness (QED) is 0.102. The van der Waals surface area contributed by atoms with Gasteiger partial charge in [-0.1, -0.05) is 32.0 Å². The standard InChI is InChI=1S/C31H35F3N7O5P/c1-4-30(5-2,47(44,45)46)20-7-9-21(10-8-20)38-29-36-16-25(31(32,33)34)27(40-29)39-26-11-6-18(12-24(26)28(43)35-3)19-15-37-41(17-19)22-13-23(42)14-22/h6-12,15-17,22-23,42H,4-5,13-14H2,1-3H3,(H,35,43)(H2,44,45,46)(H2,36,38,39,40). The monoisotopic (exact) mass is 673 g/mol. The molecule has 12 nitrogen and oxygen atoms in total. The van der Waals surface area contributed by atoms with Crippen molar-refractivity contribution in [1.29, 1.82) is 0 Å². The fourth-order valence-corrected chi connectivity index (χ4v) is 7.03. The number of carbonyl (C=O) groups excluding carboxylic acids is 1. The summed E-state index contributed by atoms with van der Waals surface area (Å²) in [6.07, 6.45) is 0.423. The van der Waals surface area contributed by atoms with Crippen LogP contribution in [-0.4, -0.2) is 53.7 Å². The first-order chi connectivity index (χ1) is 22.2. The SMILES string of the molecule is CCC(CC)(c1ccc(Nc2ncc(C(F)(F)F)c(Nc3ccc(-c4cnn(C5CC(O)C5)c4)cc3C(=O)NC)n2)cc1)P(=O)(O)O.